The lowest BCUT2D eigenvalue weighted by Gasteiger charge is -3.09. The van der Waals surface area contributed by atoms with E-state index in [1.807, 2.05) is 0 Å². The molecular formula is C10H11NO2. The summed E-state index contributed by atoms with van der Waals surface area (Å²) in [6.45, 7) is 0. The number of carbonyl (C=O) groups excluding carboxylic acids is 1. The first-order valence-corrected chi connectivity index (χ1v) is 5.09. The zero-order valence-electron chi connectivity index (χ0n) is 7.36. The third-order valence-corrected chi connectivity index (χ3v) is 6.20. The van der Waals surface area contributed by atoms with Crippen LogP contribution in [0.25, 0.3) is 0 Å². The van der Waals surface area contributed by atoms with Gasteiger partial charge in [-0.15, -0.1) is 0 Å². The van der Waals surface area contributed by atoms with Crippen LogP contribution in [0.5, 0.6) is 0 Å². The SMILES string of the molecule is COC(=O)C12C3C4C5C3C1C5(N)C42. The Balaban J connectivity index is 1.68. The van der Waals surface area contributed by atoms with E-state index in [1.54, 1.807) is 0 Å². The average Bonchev–Trinajstić information content (AvgIpc) is 2.15. The van der Waals surface area contributed by atoms with Crippen molar-refractivity contribution in [1.29, 1.82) is 0 Å². The van der Waals surface area contributed by atoms with Crippen LogP contribution in [-0.4, -0.2) is 18.6 Å². The maximum atomic E-state index is 11.7. The molecule has 0 radical (unpaired) electrons. The molecule has 3 heteroatoms. The zero-order chi connectivity index (χ0) is 8.75. The van der Waals surface area contributed by atoms with E-state index in [0.29, 0.717) is 17.8 Å². The second-order valence-corrected chi connectivity index (χ2v) is 5.59. The van der Waals surface area contributed by atoms with E-state index >= 15 is 0 Å². The third kappa shape index (κ3) is 0.224. The van der Waals surface area contributed by atoms with Gasteiger partial charge in [0.05, 0.1) is 12.5 Å². The number of nitrogens with two attached hydrogens (primary N) is 1. The summed E-state index contributed by atoms with van der Waals surface area (Å²) >= 11 is 0. The number of hydrogen-bond donors (Lipinski definition) is 1. The Bertz CT molecular complexity index is 370. The van der Waals surface area contributed by atoms with E-state index in [-0.39, 0.29) is 16.9 Å². The van der Waals surface area contributed by atoms with Crippen molar-refractivity contribution in [2.24, 2.45) is 46.7 Å². The van der Waals surface area contributed by atoms with E-state index in [2.05, 4.69) is 0 Å². The van der Waals surface area contributed by atoms with Gasteiger partial charge >= 0.3 is 5.97 Å². The fraction of sp³-hybridized carbons (Fsp3) is 0.900. The molecule has 6 aliphatic carbocycles. The maximum absolute atomic E-state index is 11.7. The minimum Gasteiger partial charge on any atom is -0.469 e. The Hall–Kier alpha value is -0.570. The van der Waals surface area contributed by atoms with Crippen molar-refractivity contribution < 1.29 is 9.53 Å². The number of ether oxygens (including phenoxy) is 1. The van der Waals surface area contributed by atoms with Crippen LogP contribution in [-0.2, 0) is 9.53 Å². The van der Waals surface area contributed by atoms with Gasteiger partial charge in [0.1, 0.15) is 0 Å². The van der Waals surface area contributed by atoms with Gasteiger partial charge in [-0.3, -0.25) is 4.79 Å². The Kier molecular flexibility index (Phi) is 0.515. The lowest BCUT2D eigenvalue weighted by Crippen LogP contribution is -3.16. The number of esters is 1. The van der Waals surface area contributed by atoms with Gasteiger partial charge in [-0.2, -0.15) is 0 Å². The van der Waals surface area contributed by atoms with Crippen LogP contribution in [0.2, 0.25) is 0 Å². The van der Waals surface area contributed by atoms with E-state index in [4.69, 9.17) is 10.5 Å². The summed E-state index contributed by atoms with van der Waals surface area (Å²) in [4.78, 5) is 11.7. The van der Waals surface area contributed by atoms with Gasteiger partial charge in [-0.25, -0.2) is 0 Å². The van der Waals surface area contributed by atoms with Gasteiger partial charge in [-0.1, -0.05) is 0 Å². The van der Waals surface area contributed by atoms with E-state index < -0.39 is 0 Å². The first kappa shape index (κ1) is 6.02. The highest BCUT2D eigenvalue weighted by Gasteiger charge is 3.11. The molecule has 13 heavy (non-hydrogen) atoms. The standard InChI is InChI=1S/C10H11NO2/c1-13-8(12)9-4-2-5-3(4)7(9)10(5,11)6(2)9/h2-7H,11H2,1H3. The van der Waals surface area contributed by atoms with Crippen molar-refractivity contribution in [3.63, 3.8) is 0 Å². The molecule has 0 heterocycles. The van der Waals surface area contributed by atoms with Crippen LogP contribution in [0.3, 0.4) is 0 Å². The Morgan fingerprint density at radius 2 is 1.92 bits per heavy atom. The first-order chi connectivity index (χ1) is 6.21. The van der Waals surface area contributed by atoms with Crippen LogP contribution in [0.15, 0.2) is 0 Å². The maximum Gasteiger partial charge on any atom is 0.312 e. The highest BCUT2D eigenvalue weighted by atomic mass is 16.5. The summed E-state index contributed by atoms with van der Waals surface area (Å²) in [5, 5.41) is 0. The molecule has 0 bridgehead atoms. The van der Waals surface area contributed by atoms with Crippen LogP contribution >= 0.6 is 0 Å². The summed E-state index contributed by atoms with van der Waals surface area (Å²) in [6.07, 6.45) is 0. The molecule has 0 aromatic rings. The topological polar surface area (TPSA) is 52.3 Å². The smallest absolute Gasteiger partial charge is 0.312 e. The molecule has 6 saturated carbocycles. The summed E-state index contributed by atoms with van der Waals surface area (Å²) in [6, 6.07) is 0. The van der Waals surface area contributed by atoms with Crippen molar-refractivity contribution in [2.75, 3.05) is 7.11 Å². The van der Waals surface area contributed by atoms with E-state index in [0.717, 1.165) is 17.8 Å². The van der Waals surface area contributed by atoms with Crippen molar-refractivity contribution in [2.45, 2.75) is 5.54 Å². The molecule has 3 nitrogen and oxygen atoms in total. The summed E-state index contributed by atoms with van der Waals surface area (Å²) < 4.78 is 4.91. The summed E-state index contributed by atoms with van der Waals surface area (Å²) in [5.41, 5.74) is 6.31. The number of methoxy groups -OCH3 is 1. The molecule has 2 N–H and O–H groups in total. The Morgan fingerprint density at radius 1 is 1.31 bits per heavy atom. The monoisotopic (exact) mass is 177 g/mol. The normalized spacial score (nSPS) is 82.0. The highest BCUT2D eigenvalue weighted by molar-refractivity contribution is 5.89. The van der Waals surface area contributed by atoms with Gasteiger partial charge in [0.25, 0.3) is 0 Å². The van der Waals surface area contributed by atoms with Gasteiger partial charge in [0.2, 0.25) is 0 Å². The fourth-order valence-electron chi connectivity index (χ4n) is 6.29. The molecule has 0 aliphatic heterocycles. The molecule has 6 rings (SSSR count). The zero-order valence-corrected chi connectivity index (χ0v) is 7.36. The quantitative estimate of drug-likeness (QED) is 0.555. The number of carbonyl (C=O) groups is 1. The molecule has 0 aromatic carbocycles. The first-order valence-electron chi connectivity index (χ1n) is 5.09. The molecule has 6 aliphatic rings. The minimum atomic E-state index is -0.0480. The lowest BCUT2D eigenvalue weighted by molar-refractivity contribution is -0.604. The molecule has 4 atom stereocenters. The molecule has 0 aromatic heterocycles. The largest absolute Gasteiger partial charge is 0.469 e. The fourth-order valence-corrected chi connectivity index (χ4v) is 6.29. The van der Waals surface area contributed by atoms with Gasteiger partial charge in [0.15, 0.2) is 0 Å². The second-order valence-electron chi connectivity index (χ2n) is 5.59. The minimum absolute atomic E-state index is 0.0409. The highest BCUT2D eigenvalue weighted by Crippen LogP contribution is 3.06. The predicted octanol–water partition coefficient (Wildman–Crippen LogP) is -0.392. The average molecular weight is 177 g/mol. The number of hydrogen-bond acceptors (Lipinski definition) is 3. The molecule has 6 fully saturated rings. The Morgan fingerprint density at radius 3 is 2.38 bits per heavy atom. The van der Waals surface area contributed by atoms with E-state index in [1.165, 1.54) is 7.11 Å². The molecule has 0 spiro atoms. The molecule has 68 valence electrons. The second kappa shape index (κ2) is 1.11. The molecule has 0 saturated heterocycles. The van der Waals surface area contributed by atoms with E-state index in [9.17, 15) is 4.79 Å². The van der Waals surface area contributed by atoms with Crippen molar-refractivity contribution in [3.05, 3.63) is 0 Å². The number of rotatable bonds is 1. The van der Waals surface area contributed by atoms with Crippen LogP contribution in [0.4, 0.5) is 0 Å². The summed E-state index contributed by atoms with van der Waals surface area (Å²) in [7, 11) is 1.51. The predicted molar refractivity (Wildman–Crippen MR) is 42.3 cm³/mol. The van der Waals surface area contributed by atoms with Crippen molar-refractivity contribution in [3.8, 4) is 0 Å². The third-order valence-electron chi connectivity index (χ3n) is 6.20. The van der Waals surface area contributed by atoms with Gasteiger partial charge < -0.3 is 10.5 Å². The van der Waals surface area contributed by atoms with Crippen molar-refractivity contribution in [1.82, 2.24) is 0 Å². The lowest BCUT2D eigenvalue weighted by atomic mass is 8.94. The Labute approximate surface area is 75.6 Å². The van der Waals surface area contributed by atoms with Crippen LogP contribution in [0.1, 0.15) is 0 Å². The van der Waals surface area contributed by atoms with Gasteiger partial charge in [0, 0.05) is 5.54 Å². The van der Waals surface area contributed by atoms with Crippen molar-refractivity contribution >= 4 is 5.97 Å². The summed E-state index contributed by atoms with van der Waals surface area (Å²) in [5.74, 6) is 4.27. The molecule has 4 unspecified atom stereocenters. The molecule has 0 amide bonds. The molecular weight excluding hydrogens is 166 g/mol. The van der Waals surface area contributed by atoms with Crippen LogP contribution < -0.4 is 5.73 Å². The van der Waals surface area contributed by atoms with Crippen LogP contribution in [0, 0.1) is 40.9 Å². The van der Waals surface area contributed by atoms with Gasteiger partial charge in [-0.05, 0) is 35.5 Å².